The molecule has 0 aromatic carbocycles. The van der Waals surface area contributed by atoms with E-state index in [1.165, 1.54) is 25.7 Å². The Bertz CT molecular complexity index is 282. The lowest BCUT2D eigenvalue weighted by Crippen LogP contribution is -2.42. The molecule has 2 unspecified atom stereocenters. The molecule has 0 aromatic heterocycles. The molecule has 17 heavy (non-hydrogen) atoms. The SMILES string of the molecule is N#CC1(N)CCCC1CCOCCC1CCC1. The van der Waals surface area contributed by atoms with Gasteiger partial charge in [0.05, 0.1) is 6.07 Å². The van der Waals surface area contributed by atoms with Crippen molar-refractivity contribution in [2.45, 2.75) is 56.9 Å². The molecule has 0 saturated heterocycles. The molecular weight excluding hydrogens is 212 g/mol. The van der Waals surface area contributed by atoms with Gasteiger partial charge in [-0.15, -0.1) is 0 Å². The maximum Gasteiger partial charge on any atom is 0.107 e. The molecule has 0 spiro atoms. The van der Waals surface area contributed by atoms with Crippen LogP contribution < -0.4 is 5.73 Å². The predicted octanol–water partition coefficient (Wildman–Crippen LogP) is 2.60. The fourth-order valence-corrected chi connectivity index (χ4v) is 3.01. The third-order valence-electron chi connectivity index (χ3n) is 4.59. The van der Waals surface area contributed by atoms with E-state index in [0.717, 1.165) is 44.8 Å². The minimum absolute atomic E-state index is 0.344. The van der Waals surface area contributed by atoms with Gasteiger partial charge in [0.25, 0.3) is 0 Å². The van der Waals surface area contributed by atoms with Crippen LogP contribution in [0.2, 0.25) is 0 Å². The first-order valence-corrected chi connectivity index (χ1v) is 7.02. The first kappa shape index (κ1) is 12.9. The zero-order valence-electron chi connectivity index (χ0n) is 10.7. The first-order chi connectivity index (χ1) is 8.24. The highest BCUT2D eigenvalue weighted by molar-refractivity contribution is 5.11. The largest absolute Gasteiger partial charge is 0.381 e. The number of rotatable bonds is 6. The molecule has 0 bridgehead atoms. The van der Waals surface area contributed by atoms with Gasteiger partial charge >= 0.3 is 0 Å². The topological polar surface area (TPSA) is 59.0 Å². The van der Waals surface area contributed by atoms with Crippen molar-refractivity contribution >= 4 is 0 Å². The fraction of sp³-hybridized carbons (Fsp3) is 0.929. The average molecular weight is 236 g/mol. The van der Waals surface area contributed by atoms with Crippen LogP contribution in [-0.2, 0) is 4.74 Å². The van der Waals surface area contributed by atoms with Crippen LogP contribution in [0.4, 0.5) is 0 Å². The Balaban J connectivity index is 1.56. The molecule has 0 radical (unpaired) electrons. The lowest BCUT2D eigenvalue weighted by Gasteiger charge is -2.26. The van der Waals surface area contributed by atoms with Gasteiger partial charge < -0.3 is 10.5 Å². The highest BCUT2D eigenvalue weighted by atomic mass is 16.5. The van der Waals surface area contributed by atoms with Gasteiger partial charge in [-0.05, 0) is 37.5 Å². The van der Waals surface area contributed by atoms with E-state index >= 15 is 0 Å². The smallest absolute Gasteiger partial charge is 0.107 e. The van der Waals surface area contributed by atoms with E-state index < -0.39 is 5.54 Å². The van der Waals surface area contributed by atoms with Crippen molar-refractivity contribution in [1.82, 2.24) is 0 Å². The van der Waals surface area contributed by atoms with Crippen LogP contribution in [0.15, 0.2) is 0 Å². The van der Waals surface area contributed by atoms with Gasteiger partial charge in [-0.2, -0.15) is 5.26 Å². The van der Waals surface area contributed by atoms with E-state index in [9.17, 15) is 0 Å². The van der Waals surface area contributed by atoms with Gasteiger partial charge in [-0.1, -0.05) is 25.7 Å². The Labute approximate surface area is 104 Å². The maximum absolute atomic E-state index is 9.09. The van der Waals surface area contributed by atoms with Crippen molar-refractivity contribution in [1.29, 1.82) is 5.26 Å². The minimum Gasteiger partial charge on any atom is -0.381 e. The second kappa shape index (κ2) is 5.84. The summed E-state index contributed by atoms with van der Waals surface area (Å²) in [5.74, 6) is 1.27. The Kier molecular flexibility index (Phi) is 4.42. The van der Waals surface area contributed by atoms with E-state index in [4.69, 9.17) is 15.7 Å². The molecule has 96 valence electrons. The maximum atomic E-state index is 9.09. The number of hydrogen-bond acceptors (Lipinski definition) is 3. The molecule has 3 heteroatoms. The second-order valence-corrected chi connectivity index (χ2v) is 5.73. The lowest BCUT2D eigenvalue weighted by molar-refractivity contribution is 0.0923. The molecular formula is C14H24N2O. The van der Waals surface area contributed by atoms with Gasteiger partial charge in [-0.25, -0.2) is 0 Å². The number of nitriles is 1. The summed E-state index contributed by atoms with van der Waals surface area (Å²) >= 11 is 0. The highest BCUT2D eigenvalue weighted by Gasteiger charge is 2.39. The summed E-state index contributed by atoms with van der Waals surface area (Å²) in [6, 6.07) is 2.29. The number of ether oxygens (including phenoxy) is 1. The number of hydrogen-bond donors (Lipinski definition) is 1. The van der Waals surface area contributed by atoms with Gasteiger partial charge in [0, 0.05) is 13.2 Å². The van der Waals surface area contributed by atoms with Crippen molar-refractivity contribution in [3.63, 3.8) is 0 Å². The highest BCUT2D eigenvalue weighted by Crippen LogP contribution is 2.35. The molecule has 3 nitrogen and oxygen atoms in total. The standard InChI is InChI=1S/C14H24N2O/c15-11-14(16)8-2-5-13(14)7-10-17-9-6-12-3-1-4-12/h12-13H,1-10,16H2. The molecule has 0 aromatic rings. The molecule has 2 rings (SSSR count). The van der Waals surface area contributed by atoms with E-state index in [-0.39, 0.29) is 0 Å². The van der Waals surface area contributed by atoms with Crippen molar-refractivity contribution in [3.8, 4) is 6.07 Å². The van der Waals surface area contributed by atoms with E-state index in [1.54, 1.807) is 0 Å². The summed E-state index contributed by atoms with van der Waals surface area (Å²) in [7, 11) is 0. The third kappa shape index (κ3) is 3.20. The predicted molar refractivity (Wildman–Crippen MR) is 67.3 cm³/mol. The first-order valence-electron chi connectivity index (χ1n) is 7.02. The van der Waals surface area contributed by atoms with Gasteiger partial charge in [0.15, 0.2) is 0 Å². The van der Waals surface area contributed by atoms with Gasteiger partial charge in [-0.3, -0.25) is 0 Å². The van der Waals surface area contributed by atoms with Gasteiger partial charge in [0.1, 0.15) is 5.54 Å². The molecule has 2 fully saturated rings. The van der Waals surface area contributed by atoms with Crippen molar-refractivity contribution in [2.24, 2.45) is 17.6 Å². The molecule has 2 N–H and O–H groups in total. The van der Waals surface area contributed by atoms with Crippen LogP contribution in [0.1, 0.15) is 51.4 Å². The van der Waals surface area contributed by atoms with E-state index in [1.807, 2.05) is 0 Å². The average Bonchev–Trinajstić information content (AvgIpc) is 2.63. The van der Waals surface area contributed by atoms with Crippen molar-refractivity contribution < 1.29 is 4.74 Å². The number of nitrogens with zero attached hydrogens (tertiary/aromatic N) is 1. The lowest BCUT2D eigenvalue weighted by atomic mass is 9.83. The molecule has 0 amide bonds. The Morgan fingerprint density at radius 1 is 1.18 bits per heavy atom. The molecule has 0 aliphatic heterocycles. The quantitative estimate of drug-likeness (QED) is 0.721. The summed E-state index contributed by atoms with van der Waals surface area (Å²) < 4.78 is 5.67. The Hall–Kier alpha value is -0.590. The van der Waals surface area contributed by atoms with Crippen LogP contribution in [0.3, 0.4) is 0 Å². The van der Waals surface area contributed by atoms with E-state index in [2.05, 4.69) is 6.07 Å². The summed E-state index contributed by atoms with van der Waals surface area (Å²) in [5, 5.41) is 9.09. The summed E-state index contributed by atoms with van der Waals surface area (Å²) in [6.07, 6.45) is 9.41. The molecule has 2 atom stereocenters. The van der Waals surface area contributed by atoms with Crippen LogP contribution in [0.25, 0.3) is 0 Å². The van der Waals surface area contributed by atoms with Crippen molar-refractivity contribution in [2.75, 3.05) is 13.2 Å². The van der Waals surface area contributed by atoms with Crippen LogP contribution in [0.5, 0.6) is 0 Å². The monoisotopic (exact) mass is 236 g/mol. The summed E-state index contributed by atoms with van der Waals surface area (Å²) in [6.45, 7) is 1.67. The third-order valence-corrected chi connectivity index (χ3v) is 4.59. The molecule has 2 saturated carbocycles. The van der Waals surface area contributed by atoms with Crippen LogP contribution in [-0.4, -0.2) is 18.8 Å². The normalized spacial score (nSPS) is 33.3. The van der Waals surface area contributed by atoms with E-state index in [0.29, 0.717) is 5.92 Å². The fourth-order valence-electron chi connectivity index (χ4n) is 3.01. The molecule has 0 heterocycles. The zero-order chi connectivity index (χ0) is 12.1. The zero-order valence-corrected chi connectivity index (χ0v) is 10.7. The number of nitrogens with two attached hydrogens (primary N) is 1. The second-order valence-electron chi connectivity index (χ2n) is 5.73. The molecule has 2 aliphatic rings. The van der Waals surface area contributed by atoms with Crippen LogP contribution >= 0.6 is 0 Å². The summed E-state index contributed by atoms with van der Waals surface area (Å²) in [4.78, 5) is 0. The molecule has 2 aliphatic carbocycles. The minimum atomic E-state index is -0.572. The Morgan fingerprint density at radius 2 is 1.94 bits per heavy atom. The van der Waals surface area contributed by atoms with Crippen LogP contribution in [0, 0.1) is 23.2 Å². The Morgan fingerprint density at radius 3 is 2.59 bits per heavy atom. The van der Waals surface area contributed by atoms with Crippen molar-refractivity contribution in [3.05, 3.63) is 0 Å². The van der Waals surface area contributed by atoms with Gasteiger partial charge in [0.2, 0.25) is 0 Å². The summed E-state index contributed by atoms with van der Waals surface area (Å²) in [5.41, 5.74) is 5.51.